The Morgan fingerprint density at radius 2 is 1.43 bits per heavy atom. The first-order chi connectivity index (χ1) is 14.6. The van der Waals surface area contributed by atoms with Crippen molar-refractivity contribution in [1.82, 2.24) is 4.90 Å². The molecule has 0 aliphatic carbocycles. The number of fused-ring (bicyclic) bond motifs is 1. The lowest BCUT2D eigenvalue weighted by atomic mass is 9.90. The molecule has 150 valence electrons. The third-order valence-corrected chi connectivity index (χ3v) is 5.86. The lowest BCUT2D eigenvalue weighted by Gasteiger charge is -2.28. The average Bonchev–Trinajstić information content (AvgIpc) is 3.28. The van der Waals surface area contributed by atoms with E-state index >= 15 is 0 Å². The quantitative estimate of drug-likeness (QED) is 0.590. The molecule has 0 radical (unpaired) electrons. The smallest absolute Gasteiger partial charge is 0.262 e. The number of hydrogen-bond donors (Lipinski definition) is 0. The minimum absolute atomic E-state index is 0.216. The molecule has 2 amide bonds. The summed E-state index contributed by atoms with van der Waals surface area (Å²) in [7, 11) is 0. The van der Waals surface area contributed by atoms with Crippen molar-refractivity contribution in [1.29, 1.82) is 0 Å². The second-order valence-electron chi connectivity index (χ2n) is 7.46. The van der Waals surface area contributed by atoms with Crippen LogP contribution in [-0.4, -0.2) is 22.8 Å². The van der Waals surface area contributed by atoms with E-state index in [1.807, 2.05) is 72.8 Å². The number of likely N-dealkylation sites (tertiary alicyclic amines) is 1. The molecule has 6 heteroatoms. The maximum absolute atomic E-state index is 13.4. The van der Waals surface area contributed by atoms with E-state index in [4.69, 9.17) is 16.4 Å². The molecule has 5 nitrogen and oxygen atoms in total. The number of halogens is 1. The van der Waals surface area contributed by atoms with E-state index in [0.29, 0.717) is 5.02 Å². The van der Waals surface area contributed by atoms with Crippen LogP contribution >= 0.6 is 11.6 Å². The molecule has 3 aromatic carbocycles. The zero-order chi connectivity index (χ0) is 20.7. The maximum atomic E-state index is 13.4. The first-order valence-corrected chi connectivity index (χ1v) is 10.2. The molecule has 0 bridgehead atoms. The van der Waals surface area contributed by atoms with Gasteiger partial charge >= 0.3 is 0 Å². The van der Waals surface area contributed by atoms with E-state index < -0.39 is 18.1 Å². The molecule has 30 heavy (non-hydrogen) atoms. The van der Waals surface area contributed by atoms with Crippen molar-refractivity contribution in [2.45, 2.75) is 18.7 Å². The van der Waals surface area contributed by atoms with Gasteiger partial charge in [0, 0.05) is 5.02 Å². The van der Waals surface area contributed by atoms with Gasteiger partial charge in [0.15, 0.2) is 6.10 Å². The highest BCUT2D eigenvalue weighted by Gasteiger charge is 2.59. The number of nitrogens with zero attached hydrogens (tertiary/aromatic N) is 2. The number of hydroxylamine groups is 1. The van der Waals surface area contributed by atoms with Crippen LogP contribution in [0.1, 0.15) is 17.2 Å². The SMILES string of the molecule is O=C1[C@H]2[C@@H](ON(c3ccccc3)[C@H]2c2ccc(Cl)cc2)C(=O)N1Cc1ccccc1. The molecule has 3 aromatic rings. The molecule has 2 aliphatic heterocycles. The summed E-state index contributed by atoms with van der Waals surface area (Å²) in [4.78, 5) is 34.0. The number of amides is 2. The van der Waals surface area contributed by atoms with Crippen molar-refractivity contribution < 1.29 is 14.4 Å². The Balaban J connectivity index is 1.52. The number of carbonyl (C=O) groups excluding carboxylic acids is 2. The van der Waals surface area contributed by atoms with Gasteiger partial charge < -0.3 is 0 Å². The van der Waals surface area contributed by atoms with Crippen molar-refractivity contribution in [2.75, 3.05) is 5.06 Å². The predicted molar refractivity (Wildman–Crippen MR) is 113 cm³/mol. The number of imide groups is 1. The third-order valence-electron chi connectivity index (χ3n) is 5.61. The lowest BCUT2D eigenvalue weighted by molar-refractivity contribution is -0.143. The summed E-state index contributed by atoms with van der Waals surface area (Å²) < 4.78 is 0. The highest BCUT2D eigenvalue weighted by Crippen LogP contribution is 2.47. The van der Waals surface area contributed by atoms with Gasteiger partial charge in [-0.15, -0.1) is 0 Å². The zero-order valence-corrected chi connectivity index (χ0v) is 16.8. The fourth-order valence-electron chi connectivity index (χ4n) is 4.19. The molecule has 0 spiro atoms. The van der Waals surface area contributed by atoms with E-state index in [9.17, 15) is 9.59 Å². The summed E-state index contributed by atoms with van der Waals surface area (Å²) in [6, 6.07) is 25.9. The second kappa shape index (κ2) is 7.59. The summed E-state index contributed by atoms with van der Waals surface area (Å²) in [5.41, 5.74) is 2.57. The minimum Gasteiger partial charge on any atom is -0.275 e. The molecule has 3 atom stereocenters. The largest absolute Gasteiger partial charge is 0.275 e. The van der Waals surface area contributed by atoms with E-state index in [-0.39, 0.29) is 18.4 Å². The molecule has 0 N–H and O–H groups in total. The van der Waals surface area contributed by atoms with Crippen molar-refractivity contribution in [3.63, 3.8) is 0 Å². The number of rotatable bonds is 4. The number of benzene rings is 3. The summed E-state index contributed by atoms with van der Waals surface area (Å²) in [5, 5.41) is 2.30. The van der Waals surface area contributed by atoms with Crippen LogP contribution in [0.15, 0.2) is 84.9 Å². The molecule has 2 fully saturated rings. The first-order valence-electron chi connectivity index (χ1n) is 9.79. The van der Waals surface area contributed by atoms with Crippen molar-refractivity contribution in [3.8, 4) is 0 Å². The van der Waals surface area contributed by atoms with Crippen LogP contribution in [0.2, 0.25) is 5.02 Å². The van der Waals surface area contributed by atoms with Crippen LogP contribution in [-0.2, 0) is 21.0 Å². The average molecular weight is 419 g/mol. The number of para-hydroxylation sites is 1. The Labute approximate surface area is 179 Å². The number of hydrogen-bond acceptors (Lipinski definition) is 4. The highest BCUT2D eigenvalue weighted by molar-refractivity contribution is 6.30. The van der Waals surface area contributed by atoms with E-state index in [2.05, 4.69) is 0 Å². The Morgan fingerprint density at radius 3 is 2.10 bits per heavy atom. The van der Waals surface area contributed by atoms with Crippen LogP contribution in [0.3, 0.4) is 0 Å². The van der Waals surface area contributed by atoms with Gasteiger partial charge in [0.1, 0.15) is 5.92 Å². The van der Waals surface area contributed by atoms with Crippen molar-refractivity contribution in [2.24, 2.45) is 5.92 Å². The summed E-state index contributed by atoms with van der Waals surface area (Å²) in [6.07, 6.45) is -0.845. The van der Waals surface area contributed by atoms with Gasteiger partial charge in [0.25, 0.3) is 5.91 Å². The van der Waals surface area contributed by atoms with Crippen LogP contribution < -0.4 is 5.06 Å². The van der Waals surface area contributed by atoms with E-state index in [1.54, 1.807) is 17.2 Å². The van der Waals surface area contributed by atoms with E-state index in [0.717, 1.165) is 16.8 Å². The Morgan fingerprint density at radius 1 is 0.800 bits per heavy atom. The maximum Gasteiger partial charge on any atom is 0.262 e. The van der Waals surface area contributed by atoms with Crippen LogP contribution in [0.4, 0.5) is 5.69 Å². The molecular formula is C24H19ClN2O3. The molecule has 2 saturated heterocycles. The monoisotopic (exact) mass is 418 g/mol. The van der Waals surface area contributed by atoms with Gasteiger partial charge in [-0.25, -0.2) is 5.06 Å². The zero-order valence-electron chi connectivity index (χ0n) is 16.0. The fourth-order valence-corrected chi connectivity index (χ4v) is 4.32. The fraction of sp³-hybridized carbons (Fsp3) is 0.167. The van der Waals surface area contributed by atoms with Crippen LogP contribution in [0.25, 0.3) is 0 Å². The molecule has 2 aliphatic rings. The number of anilines is 1. The van der Waals surface area contributed by atoms with Crippen molar-refractivity contribution in [3.05, 3.63) is 101 Å². The minimum atomic E-state index is -0.845. The molecule has 5 rings (SSSR count). The molecule has 0 saturated carbocycles. The van der Waals surface area contributed by atoms with Crippen LogP contribution in [0, 0.1) is 5.92 Å². The van der Waals surface area contributed by atoms with Gasteiger partial charge in [0.2, 0.25) is 5.91 Å². The van der Waals surface area contributed by atoms with Crippen molar-refractivity contribution >= 4 is 29.1 Å². The summed E-state index contributed by atoms with van der Waals surface area (Å²) in [5.74, 6) is -1.14. The molecule has 2 heterocycles. The summed E-state index contributed by atoms with van der Waals surface area (Å²) >= 11 is 6.07. The standard InChI is InChI=1S/C24H19ClN2O3/c25-18-13-11-17(12-14-18)21-20-22(30-27(21)19-9-5-2-6-10-19)24(29)26(23(20)28)15-16-7-3-1-4-8-16/h1-14,20-22H,15H2/t20-,21+,22-/m1/s1. The third kappa shape index (κ3) is 3.16. The van der Waals surface area contributed by atoms with Gasteiger partial charge in [-0.1, -0.05) is 72.3 Å². The van der Waals surface area contributed by atoms with E-state index in [1.165, 1.54) is 4.90 Å². The summed E-state index contributed by atoms with van der Waals surface area (Å²) in [6.45, 7) is 0.244. The Hall–Kier alpha value is -3.15. The van der Waals surface area contributed by atoms with Crippen LogP contribution in [0.5, 0.6) is 0 Å². The van der Waals surface area contributed by atoms with Gasteiger partial charge in [-0.2, -0.15) is 0 Å². The molecule has 0 aromatic heterocycles. The van der Waals surface area contributed by atoms with Gasteiger partial charge in [0.05, 0.1) is 18.3 Å². The normalized spacial score (nSPS) is 23.2. The Kier molecular flexibility index (Phi) is 4.77. The molecule has 0 unspecified atom stereocenters. The molecular weight excluding hydrogens is 400 g/mol. The first kappa shape index (κ1) is 18.9. The highest BCUT2D eigenvalue weighted by atomic mass is 35.5. The topological polar surface area (TPSA) is 49.9 Å². The second-order valence-corrected chi connectivity index (χ2v) is 7.89. The number of carbonyl (C=O) groups is 2. The van der Waals surface area contributed by atoms with Gasteiger partial charge in [-0.3, -0.25) is 19.3 Å². The van der Waals surface area contributed by atoms with Gasteiger partial charge in [-0.05, 0) is 35.4 Å². The lowest BCUT2D eigenvalue weighted by Crippen LogP contribution is -2.36. The predicted octanol–water partition coefficient (Wildman–Crippen LogP) is 4.39. The Bertz CT molecular complexity index is 1070.